The molecule has 2 heterocycles. The highest BCUT2D eigenvalue weighted by atomic mass is 35.5. The minimum Gasteiger partial charge on any atom is -0.265 e. The maximum Gasteiger partial charge on any atom is 0.101 e. The summed E-state index contributed by atoms with van der Waals surface area (Å²) in [6.07, 6.45) is 3.57. The Balaban J connectivity index is 1.91. The third-order valence-electron chi connectivity index (χ3n) is 2.89. The van der Waals surface area contributed by atoms with E-state index in [9.17, 15) is 0 Å². The van der Waals surface area contributed by atoms with Gasteiger partial charge in [-0.3, -0.25) is 4.98 Å². The van der Waals surface area contributed by atoms with E-state index in [1.54, 1.807) is 12.4 Å². The number of rotatable bonds is 2. The first-order valence-electron chi connectivity index (χ1n) is 5.67. The zero-order valence-corrected chi connectivity index (χ0v) is 10.3. The zero-order valence-electron chi connectivity index (χ0n) is 9.57. The van der Waals surface area contributed by atoms with Gasteiger partial charge in [0.1, 0.15) is 6.04 Å². The van der Waals surface area contributed by atoms with Crippen LogP contribution in [-0.2, 0) is 0 Å². The molecule has 2 aromatic rings. The third kappa shape index (κ3) is 2.07. The van der Waals surface area contributed by atoms with Gasteiger partial charge in [0.25, 0.3) is 0 Å². The van der Waals surface area contributed by atoms with Gasteiger partial charge < -0.3 is 0 Å². The van der Waals surface area contributed by atoms with Crippen LogP contribution in [0.4, 0.5) is 5.69 Å². The Bertz CT molecular complexity index is 553. The van der Waals surface area contributed by atoms with E-state index in [4.69, 9.17) is 11.6 Å². The minimum absolute atomic E-state index is 0.133. The molecule has 0 bridgehead atoms. The second-order valence-corrected chi connectivity index (χ2v) is 4.47. The second-order valence-electron chi connectivity index (χ2n) is 4.03. The Morgan fingerprint density at radius 2 is 1.78 bits per heavy atom. The van der Waals surface area contributed by atoms with E-state index in [0.717, 1.165) is 16.3 Å². The van der Waals surface area contributed by atoms with Crippen molar-refractivity contribution in [3.8, 4) is 0 Å². The monoisotopic (exact) mass is 258 g/mol. The van der Waals surface area contributed by atoms with Gasteiger partial charge in [0, 0.05) is 17.4 Å². The highest BCUT2D eigenvalue weighted by Gasteiger charge is 2.25. The van der Waals surface area contributed by atoms with Gasteiger partial charge >= 0.3 is 0 Å². The van der Waals surface area contributed by atoms with Crippen molar-refractivity contribution in [1.82, 2.24) is 4.98 Å². The first kappa shape index (κ1) is 11.2. The molecule has 0 amide bonds. The molecule has 0 spiro atoms. The predicted molar refractivity (Wildman–Crippen MR) is 70.6 cm³/mol. The molecule has 0 saturated carbocycles. The lowest BCUT2D eigenvalue weighted by atomic mass is 10.1. The molecule has 1 aromatic heterocycles. The molecule has 4 nitrogen and oxygen atoms in total. The van der Waals surface area contributed by atoms with Gasteiger partial charge in [-0.05, 0) is 42.0 Å². The van der Waals surface area contributed by atoms with Crippen molar-refractivity contribution in [3.63, 3.8) is 0 Å². The molecule has 0 aliphatic carbocycles. The summed E-state index contributed by atoms with van der Waals surface area (Å²) < 4.78 is 0. The summed E-state index contributed by atoms with van der Waals surface area (Å²) in [4.78, 5) is 4.03. The van der Waals surface area contributed by atoms with Crippen LogP contribution in [0.5, 0.6) is 0 Å². The van der Waals surface area contributed by atoms with Crippen LogP contribution in [0, 0.1) is 0 Å². The van der Waals surface area contributed by atoms with Crippen LogP contribution in [0.15, 0.2) is 59.1 Å². The van der Waals surface area contributed by atoms with Crippen LogP contribution >= 0.6 is 11.6 Å². The Morgan fingerprint density at radius 3 is 2.50 bits per heavy atom. The number of halogens is 1. The smallest absolute Gasteiger partial charge is 0.101 e. The number of benzene rings is 1. The lowest BCUT2D eigenvalue weighted by Gasteiger charge is -2.21. The van der Waals surface area contributed by atoms with E-state index in [1.165, 1.54) is 0 Å². The maximum atomic E-state index is 5.89. The average Bonchev–Trinajstić information content (AvgIpc) is 2.90. The van der Waals surface area contributed by atoms with E-state index in [-0.39, 0.29) is 6.04 Å². The fourth-order valence-corrected chi connectivity index (χ4v) is 2.11. The van der Waals surface area contributed by atoms with Crippen molar-refractivity contribution in [2.24, 2.45) is 10.3 Å². The normalized spacial score (nSPS) is 18.3. The second kappa shape index (κ2) is 4.74. The van der Waals surface area contributed by atoms with Gasteiger partial charge in [-0.1, -0.05) is 16.8 Å². The highest BCUT2D eigenvalue weighted by Crippen LogP contribution is 2.32. The average molecular weight is 259 g/mol. The largest absolute Gasteiger partial charge is 0.265 e. The minimum atomic E-state index is 0.133. The number of anilines is 1. The molecule has 5 heteroatoms. The molecule has 0 saturated heterocycles. The molecular weight excluding hydrogens is 248 g/mol. The lowest BCUT2D eigenvalue weighted by Crippen LogP contribution is -2.20. The van der Waals surface area contributed by atoms with Gasteiger partial charge in [0.2, 0.25) is 0 Å². The molecule has 18 heavy (non-hydrogen) atoms. The van der Waals surface area contributed by atoms with Crippen molar-refractivity contribution < 1.29 is 0 Å². The standard InChI is InChI=1S/C13H11ClN4/c14-11-1-3-12(4-2-11)18-13(9-16-17-18)10-5-7-15-8-6-10/h1-8,13H,9H2. The van der Waals surface area contributed by atoms with Gasteiger partial charge in [-0.25, -0.2) is 5.01 Å². The molecule has 1 unspecified atom stereocenters. The molecule has 90 valence electrons. The number of pyridine rings is 1. The molecule has 1 aliphatic rings. The van der Waals surface area contributed by atoms with E-state index >= 15 is 0 Å². The summed E-state index contributed by atoms with van der Waals surface area (Å²) >= 11 is 5.89. The number of hydrogen-bond donors (Lipinski definition) is 0. The third-order valence-corrected chi connectivity index (χ3v) is 3.14. The van der Waals surface area contributed by atoms with Crippen LogP contribution in [-0.4, -0.2) is 11.5 Å². The Kier molecular flexibility index (Phi) is 2.94. The SMILES string of the molecule is Clc1ccc(N2N=NCC2c2ccncc2)cc1. The Labute approximate surface area is 110 Å². The molecule has 0 N–H and O–H groups in total. The Hall–Kier alpha value is -1.94. The van der Waals surface area contributed by atoms with Crippen molar-refractivity contribution in [3.05, 3.63) is 59.4 Å². The summed E-state index contributed by atoms with van der Waals surface area (Å²) in [5.74, 6) is 0. The van der Waals surface area contributed by atoms with Gasteiger partial charge in [-0.15, -0.1) is 0 Å². The zero-order chi connectivity index (χ0) is 12.4. The van der Waals surface area contributed by atoms with E-state index in [2.05, 4.69) is 15.3 Å². The first-order valence-corrected chi connectivity index (χ1v) is 6.04. The summed E-state index contributed by atoms with van der Waals surface area (Å²) in [5.41, 5.74) is 2.15. The van der Waals surface area contributed by atoms with Crippen LogP contribution in [0.3, 0.4) is 0 Å². The van der Waals surface area contributed by atoms with Crippen molar-refractivity contribution in [2.45, 2.75) is 6.04 Å². The van der Waals surface area contributed by atoms with Crippen LogP contribution in [0.1, 0.15) is 11.6 Å². The fraction of sp³-hybridized carbons (Fsp3) is 0.154. The molecule has 0 fully saturated rings. The molecule has 3 rings (SSSR count). The van der Waals surface area contributed by atoms with E-state index in [1.807, 2.05) is 41.4 Å². The molecule has 1 aromatic carbocycles. The Morgan fingerprint density at radius 1 is 1.06 bits per heavy atom. The van der Waals surface area contributed by atoms with Crippen LogP contribution in [0.2, 0.25) is 5.02 Å². The van der Waals surface area contributed by atoms with Crippen LogP contribution in [0.25, 0.3) is 0 Å². The summed E-state index contributed by atoms with van der Waals surface area (Å²) in [5, 5.41) is 10.9. The van der Waals surface area contributed by atoms with Crippen LogP contribution < -0.4 is 5.01 Å². The maximum absolute atomic E-state index is 5.89. The summed E-state index contributed by atoms with van der Waals surface area (Å²) in [7, 11) is 0. The lowest BCUT2D eigenvalue weighted by molar-refractivity contribution is 0.731. The van der Waals surface area contributed by atoms with Gasteiger partial charge in [-0.2, -0.15) is 5.11 Å². The molecule has 1 atom stereocenters. The first-order chi connectivity index (χ1) is 8.84. The number of hydrogen-bond acceptors (Lipinski definition) is 4. The van der Waals surface area contributed by atoms with E-state index in [0.29, 0.717) is 6.54 Å². The quantitative estimate of drug-likeness (QED) is 0.825. The molecular formula is C13H11ClN4. The van der Waals surface area contributed by atoms with Gasteiger partial charge in [0.15, 0.2) is 0 Å². The summed E-state index contributed by atoms with van der Waals surface area (Å²) in [6, 6.07) is 11.7. The van der Waals surface area contributed by atoms with Crippen molar-refractivity contribution in [1.29, 1.82) is 0 Å². The molecule has 0 radical (unpaired) electrons. The number of nitrogens with zero attached hydrogens (tertiary/aromatic N) is 4. The van der Waals surface area contributed by atoms with E-state index < -0.39 is 0 Å². The summed E-state index contributed by atoms with van der Waals surface area (Å²) in [6.45, 7) is 0.659. The van der Waals surface area contributed by atoms with Crippen molar-refractivity contribution >= 4 is 17.3 Å². The number of aromatic nitrogens is 1. The highest BCUT2D eigenvalue weighted by molar-refractivity contribution is 6.30. The van der Waals surface area contributed by atoms with Crippen molar-refractivity contribution in [2.75, 3.05) is 11.6 Å². The molecule has 1 aliphatic heterocycles. The van der Waals surface area contributed by atoms with Gasteiger partial charge in [0.05, 0.1) is 12.2 Å². The topological polar surface area (TPSA) is 40.9 Å². The predicted octanol–water partition coefficient (Wildman–Crippen LogP) is 3.66. The fourth-order valence-electron chi connectivity index (χ4n) is 1.98.